The average molecular weight is 1170 g/mol. The predicted molar refractivity (Wildman–Crippen MR) is 366 cm³/mol. The zero-order chi connectivity index (χ0) is 59.9. The summed E-state index contributed by atoms with van der Waals surface area (Å²) >= 11 is 1.93. The van der Waals surface area contributed by atoms with Gasteiger partial charge in [-0.1, -0.05) is 138 Å². The van der Waals surface area contributed by atoms with Crippen LogP contribution in [-0.2, 0) is 19.5 Å². The van der Waals surface area contributed by atoms with Gasteiger partial charge in [-0.25, -0.2) is 9.97 Å². The Balaban J connectivity index is 0.000000122. The number of rotatable bonds is 10. The number of aryl methyl sites for hydroxylation is 2. The summed E-state index contributed by atoms with van der Waals surface area (Å²) in [7, 11) is 2.18. The van der Waals surface area contributed by atoms with Crippen molar-refractivity contribution in [2.24, 2.45) is 5.92 Å². The molecule has 11 heteroatoms. The molecule has 0 amide bonds. The van der Waals surface area contributed by atoms with Gasteiger partial charge in [0.25, 0.3) is 0 Å². The van der Waals surface area contributed by atoms with Gasteiger partial charge in [-0.05, 0) is 128 Å². The number of imidazole rings is 2. The Bertz CT molecular complexity index is 4510. The van der Waals surface area contributed by atoms with E-state index in [0.29, 0.717) is 17.8 Å². The summed E-state index contributed by atoms with van der Waals surface area (Å²) in [5.41, 5.74) is 26.8. The minimum Gasteiger partial charge on any atom is -0.399 e. The lowest BCUT2D eigenvalue weighted by atomic mass is 9.97. The van der Waals surface area contributed by atoms with Gasteiger partial charge in [0.1, 0.15) is 11.6 Å². The molecule has 0 aliphatic carbocycles. The van der Waals surface area contributed by atoms with E-state index in [1.165, 1.54) is 106 Å². The van der Waals surface area contributed by atoms with Crippen LogP contribution in [0.4, 0.5) is 17.1 Å². The lowest BCUT2D eigenvalue weighted by Crippen LogP contribution is -2.44. The summed E-state index contributed by atoms with van der Waals surface area (Å²) in [6.07, 6.45) is 4.85. The van der Waals surface area contributed by atoms with E-state index in [0.717, 1.165) is 90.8 Å². The number of piperazine rings is 1. The Morgan fingerprint density at radius 2 is 1.34 bits per heavy atom. The van der Waals surface area contributed by atoms with E-state index in [4.69, 9.17) is 10.7 Å². The number of nitrogens with two attached hydrogens (primary N) is 1. The third-order valence-electron chi connectivity index (χ3n) is 17.4. The van der Waals surface area contributed by atoms with Gasteiger partial charge < -0.3 is 30.4 Å². The highest BCUT2D eigenvalue weighted by atomic mass is 32.2. The highest BCUT2D eigenvalue weighted by Crippen LogP contribution is 2.50. The first-order chi connectivity index (χ1) is 42.3. The normalized spacial score (nSPS) is 14.7. The highest BCUT2D eigenvalue weighted by molar-refractivity contribution is 8.03. The Labute approximate surface area is 516 Å². The van der Waals surface area contributed by atoms with Gasteiger partial charge in [-0.15, -0.1) is 0 Å². The number of fused-ring (bicyclic) bond motifs is 6. The number of likely N-dealkylation sites (N-methyl/N-ethyl adjacent to an activating group) is 1. The summed E-state index contributed by atoms with van der Waals surface area (Å²) in [5, 5.41) is 6.43. The summed E-state index contributed by atoms with van der Waals surface area (Å²) in [5.74, 6) is 3.28. The molecule has 0 saturated carbocycles. The number of benzene rings is 8. The predicted octanol–water partition coefficient (Wildman–Crippen LogP) is 16.6. The summed E-state index contributed by atoms with van der Waals surface area (Å²) in [6, 6.07) is 65.4. The molecule has 4 aromatic heterocycles. The topological polar surface area (TPSA) is 101 Å². The van der Waals surface area contributed by atoms with Crippen molar-refractivity contribution in [2.75, 3.05) is 55.3 Å². The number of pyridine rings is 2. The molecular formula is C76H80N10S+2. The van der Waals surface area contributed by atoms with Crippen LogP contribution < -0.4 is 24.7 Å². The number of aromatic amines is 2. The molecule has 3 aliphatic rings. The molecular weight excluding hydrogens is 1080 g/mol. The van der Waals surface area contributed by atoms with E-state index >= 15 is 0 Å². The number of nitrogens with zero attached hydrogens (tertiary/aromatic N) is 7. The molecule has 1 saturated heterocycles. The molecule has 8 aromatic carbocycles. The van der Waals surface area contributed by atoms with Crippen molar-refractivity contribution in [3.8, 4) is 22.6 Å². The van der Waals surface area contributed by atoms with E-state index in [1.807, 2.05) is 17.8 Å². The fraction of sp³-hybridized carbons (Fsp3) is 0.263. The van der Waals surface area contributed by atoms with Crippen molar-refractivity contribution in [1.82, 2.24) is 24.8 Å². The van der Waals surface area contributed by atoms with Crippen LogP contribution >= 0.6 is 11.8 Å². The molecule has 7 heterocycles. The molecule has 12 aromatic rings. The molecule has 0 spiro atoms. The van der Waals surface area contributed by atoms with Gasteiger partial charge >= 0.3 is 0 Å². The first-order valence-electron chi connectivity index (χ1n) is 31.2. The van der Waals surface area contributed by atoms with Crippen LogP contribution in [0.2, 0.25) is 0 Å². The second-order valence-electron chi connectivity index (χ2n) is 25.0. The lowest BCUT2D eigenvalue weighted by molar-refractivity contribution is -0.671. The molecule has 87 heavy (non-hydrogen) atoms. The Kier molecular flexibility index (Phi) is 16.2. The fourth-order valence-electron chi connectivity index (χ4n) is 12.9. The molecule has 0 bridgehead atoms. The van der Waals surface area contributed by atoms with Crippen molar-refractivity contribution < 1.29 is 9.13 Å². The SMILES string of the molecule is CC(C)c1cc(C=C2Sc3cccc4c3N2CCC4)c2ccccc2[n+]1Cc1ccccc1.CC(C)c1nc2ccc(-c3nc4ccc(N5CCN(C)CC5)cc4[nH]3)cc2[nH]1.Cc1ccc2c3ccc(N)cc3c(-c3ccccc3)[n+](CC(C)C)c2c1. The van der Waals surface area contributed by atoms with Gasteiger partial charge in [-0.2, -0.15) is 9.13 Å². The molecule has 10 nitrogen and oxygen atoms in total. The van der Waals surface area contributed by atoms with Crippen LogP contribution in [0.25, 0.3) is 83.4 Å². The van der Waals surface area contributed by atoms with Crippen molar-refractivity contribution in [2.45, 2.75) is 91.1 Å². The van der Waals surface area contributed by atoms with Gasteiger partial charge in [-0.3, -0.25) is 0 Å². The Morgan fingerprint density at radius 3 is 2.13 bits per heavy atom. The van der Waals surface area contributed by atoms with Crippen LogP contribution in [0.15, 0.2) is 192 Å². The monoisotopic (exact) mass is 1160 g/mol. The average Bonchev–Trinajstić information content (AvgIpc) is 1.30. The standard InChI is InChI=1S/C30H29N2S.C24H25N2.C22H26N6/c1-21(2)27-18-24(19-29-31-17-9-13-23-12-8-16-28(33-29)30(23)31)25-14-6-7-15-26(25)32(27)20-22-10-4-3-5-11-22;1-16(2)15-26-23-13-17(3)9-11-21(23)20-12-10-19(25)14-22(20)24(26)18-7-5-4-6-8-18;1-14(2)21-23-17-6-4-15(12-19(17)25-21)22-24-18-7-5-16(13-20(18)26-22)28-10-8-27(3)9-11-28/h3-8,10-12,14-16,18-19,21H,9,13,17,20H2,1-2H3;4-14,16H,15,25H2,1-3H3;4-7,12-14H,8-11H2,1-3H3,(H,23,25)(H,24,26)/q2*+1;. The van der Waals surface area contributed by atoms with Crippen LogP contribution in [-0.4, -0.2) is 64.6 Å². The number of para-hydroxylation sites is 2. The van der Waals surface area contributed by atoms with Crippen LogP contribution in [0.3, 0.4) is 0 Å². The number of nitrogen functional groups attached to an aromatic ring is 1. The Hall–Kier alpha value is -8.77. The molecule has 4 N–H and O–H groups in total. The van der Waals surface area contributed by atoms with Gasteiger partial charge in [0.2, 0.25) is 16.7 Å². The minimum atomic E-state index is 0.384. The summed E-state index contributed by atoms with van der Waals surface area (Å²) in [6.45, 7) is 22.9. The largest absolute Gasteiger partial charge is 0.399 e. The summed E-state index contributed by atoms with van der Waals surface area (Å²) in [4.78, 5) is 25.2. The van der Waals surface area contributed by atoms with E-state index in [-0.39, 0.29) is 0 Å². The smallest absolute Gasteiger partial charge is 0.220 e. The number of hydrogen-bond acceptors (Lipinski definition) is 7. The van der Waals surface area contributed by atoms with Gasteiger partial charge in [0, 0.05) is 107 Å². The maximum Gasteiger partial charge on any atom is 0.220 e. The van der Waals surface area contributed by atoms with Crippen LogP contribution in [0, 0.1) is 12.8 Å². The molecule has 0 radical (unpaired) electrons. The molecule has 15 rings (SSSR count). The molecule has 0 unspecified atom stereocenters. The van der Waals surface area contributed by atoms with E-state index in [2.05, 4.69) is 276 Å². The van der Waals surface area contributed by atoms with E-state index in [1.54, 1.807) is 0 Å². The molecule has 1 fully saturated rings. The molecule has 3 aliphatic heterocycles. The number of hydrogen-bond donors (Lipinski definition) is 3. The van der Waals surface area contributed by atoms with E-state index < -0.39 is 0 Å². The molecule has 438 valence electrons. The van der Waals surface area contributed by atoms with Gasteiger partial charge in [0.05, 0.1) is 48.9 Å². The zero-order valence-electron chi connectivity index (χ0n) is 51.6. The maximum absolute atomic E-state index is 6.18. The number of aromatic nitrogens is 6. The highest BCUT2D eigenvalue weighted by Gasteiger charge is 2.31. The third kappa shape index (κ3) is 11.8. The zero-order valence-corrected chi connectivity index (χ0v) is 52.4. The second kappa shape index (κ2) is 24.5. The number of anilines is 3. The van der Waals surface area contributed by atoms with Crippen molar-refractivity contribution >= 4 is 89.5 Å². The molecule has 0 atom stereocenters. The fourth-order valence-corrected chi connectivity index (χ4v) is 14.1. The van der Waals surface area contributed by atoms with Crippen LogP contribution in [0.1, 0.15) is 93.6 Å². The van der Waals surface area contributed by atoms with E-state index in [9.17, 15) is 0 Å². The first-order valence-corrected chi connectivity index (χ1v) is 32.0. The van der Waals surface area contributed by atoms with Crippen molar-refractivity contribution in [3.05, 3.63) is 221 Å². The summed E-state index contributed by atoms with van der Waals surface area (Å²) < 4.78 is 4.98. The Morgan fingerprint density at radius 1 is 0.609 bits per heavy atom. The first kappa shape index (κ1) is 57.3. The quantitative estimate of drug-likeness (QED) is 0.0712. The second-order valence-corrected chi connectivity index (χ2v) is 26.1. The van der Waals surface area contributed by atoms with Crippen molar-refractivity contribution in [3.63, 3.8) is 0 Å². The number of nitrogens with one attached hydrogen (secondary N) is 2. The number of thioether (sulfide) groups is 1. The number of H-pyrrole nitrogens is 2. The third-order valence-corrected chi connectivity index (χ3v) is 18.5. The lowest BCUT2D eigenvalue weighted by Gasteiger charge is -2.34. The van der Waals surface area contributed by atoms with Crippen molar-refractivity contribution in [1.29, 1.82) is 0 Å². The maximum atomic E-state index is 6.18. The van der Waals surface area contributed by atoms with Gasteiger partial charge in [0.15, 0.2) is 18.8 Å². The minimum absolute atomic E-state index is 0.384. The van der Waals surface area contributed by atoms with Crippen LogP contribution in [0.5, 0.6) is 0 Å².